The van der Waals surface area contributed by atoms with Crippen LogP contribution in [0.25, 0.3) is 11.1 Å². The second-order valence-corrected chi connectivity index (χ2v) is 8.63. The molecule has 0 unspecified atom stereocenters. The summed E-state index contributed by atoms with van der Waals surface area (Å²) >= 11 is 1.39. The van der Waals surface area contributed by atoms with Crippen molar-refractivity contribution in [1.29, 1.82) is 0 Å². The lowest BCUT2D eigenvalue weighted by Crippen LogP contribution is -2.16. The van der Waals surface area contributed by atoms with Crippen molar-refractivity contribution in [2.24, 2.45) is 5.92 Å². The summed E-state index contributed by atoms with van der Waals surface area (Å²) in [7, 11) is 1.38. The van der Waals surface area contributed by atoms with Crippen molar-refractivity contribution in [2.75, 3.05) is 12.4 Å². The number of ether oxygens (including phenoxy) is 1. The molecule has 1 aliphatic carbocycles. The Kier molecular flexibility index (Phi) is 6.89. The third kappa shape index (κ3) is 4.82. The summed E-state index contributed by atoms with van der Waals surface area (Å²) in [5, 5.41) is 5.48. The normalized spacial score (nSPS) is 14.7. The van der Waals surface area contributed by atoms with Crippen LogP contribution < -0.4 is 5.32 Å². The van der Waals surface area contributed by atoms with Crippen LogP contribution in [0.1, 0.15) is 66.4 Å². The number of methoxy groups -OCH3 is 1. The summed E-state index contributed by atoms with van der Waals surface area (Å²) in [6.45, 7) is 4.05. The molecule has 1 N–H and O–H groups in total. The highest BCUT2D eigenvalue weighted by atomic mass is 32.1. The van der Waals surface area contributed by atoms with E-state index >= 15 is 0 Å². The Morgan fingerprint density at radius 2 is 1.89 bits per heavy atom. The molecule has 0 saturated heterocycles. The number of anilines is 1. The van der Waals surface area contributed by atoms with Gasteiger partial charge in [0.2, 0.25) is 5.91 Å². The summed E-state index contributed by atoms with van der Waals surface area (Å²) in [6.07, 6.45) is 7.77. The number of benzene rings is 1. The summed E-state index contributed by atoms with van der Waals surface area (Å²) < 4.78 is 5.02. The quantitative estimate of drug-likeness (QED) is 0.596. The molecule has 28 heavy (non-hydrogen) atoms. The fourth-order valence-corrected chi connectivity index (χ4v) is 4.94. The van der Waals surface area contributed by atoms with Gasteiger partial charge in [-0.2, -0.15) is 0 Å². The fraction of sp³-hybridized carbons (Fsp3) is 0.478. The number of carbonyl (C=O) groups is 2. The summed E-state index contributed by atoms with van der Waals surface area (Å²) in [5.41, 5.74) is 4.48. The molecular formula is C23H29NO3S. The van der Waals surface area contributed by atoms with E-state index in [0.717, 1.165) is 28.7 Å². The number of carbonyl (C=O) groups excluding carboxylic acids is 2. The molecule has 0 radical (unpaired) electrons. The Hall–Kier alpha value is -2.14. The molecule has 0 aliphatic heterocycles. The van der Waals surface area contributed by atoms with E-state index in [2.05, 4.69) is 17.4 Å². The molecular weight excluding hydrogens is 370 g/mol. The molecule has 0 spiro atoms. The molecule has 0 atom stereocenters. The van der Waals surface area contributed by atoms with E-state index in [1.807, 2.05) is 25.3 Å². The second-order valence-electron chi connectivity index (χ2n) is 7.75. The van der Waals surface area contributed by atoms with Crippen molar-refractivity contribution in [3.8, 4) is 11.1 Å². The molecule has 1 heterocycles. The van der Waals surface area contributed by atoms with Crippen LogP contribution in [-0.2, 0) is 9.53 Å². The van der Waals surface area contributed by atoms with Crippen LogP contribution >= 0.6 is 11.3 Å². The van der Waals surface area contributed by atoms with Gasteiger partial charge in [0.05, 0.1) is 7.11 Å². The number of aryl methyl sites for hydroxylation is 2. The van der Waals surface area contributed by atoms with Crippen molar-refractivity contribution in [3.63, 3.8) is 0 Å². The molecule has 4 nitrogen and oxygen atoms in total. The Balaban J connectivity index is 1.79. The largest absolute Gasteiger partial charge is 0.465 e. The molecule has 3 rings (SSSR count). The van der Waals surface area contributed by atoms with Crippen LogP contribution in [-0.4, -0.2) is 19.0 Å². The molecule has 2 aromatic rings. The minimum absolute atomic E-state index is 0.0231. The predicted octanol–water partition coefficient (Wildman–Crippen LogP) is 6.12. The van der Waals surface area contributed by atoms with Crippen LogP contribution in [0.3, 0.4) is 0 Å². The zero-order valence-corrected chi connectivity index (χ0v) is 17.8. The maximum atomic E-state index is 12.5. The predicted molar refractivity (Wildman–Crippen MR) is 115 cm³/mol. The minimum atomic E-state index is -0.417. The van der Waals surface area contributed by atoms with Crippen molar-refractivity contribution < 1.29 is 14.3 Å². The highest BCUT2D eigenvalue weighted by molar-refractivity contribution is 7.15. The van der Waals surface area contributed by atoms with Crippen LogP contribution in [0.4, 0.5) is 5.00 Å². The lowest BCUT2D eigenvalue weighted by Gasteiger charge is -2.20. The van der Waals surface area contributed by atoms with Gasteiger partial charge in [-0.05, 0) is 37.3 Å². The smallest absolute Gasteiger partial charge is 0.341 e. The average Bonchev–Trinajstić information content (AvgIpc) is 3.11. The van der Waals surface area contributed by atoms with Crippen molar-refractivity contribution >= 4 is 28.2 Å². The third-order valence-electron chi connectivity index (χ3n) is 5.62. The molecule has 1 aromatic carbocycles. The number of esters is 1. The van der Waals surface area contributed by atoms with Crippen molar-refractivity contribution in [3.05, 3.63) is 40.3 Å². The Labute approximate surface area is 171 Å². The van der Waals surface area contributed by atoms with Crippen molar-refractivity contribution in [1.82, 2.24) is 0 Å². The van der Waals surface area contributed by atoms with E-state index in [4.69, 9.17) is 4.74 Å². The van der Waals surface area contributed by atoms with Crippen molar-refractivity contribution in [2.45, 2.75) is 58.8 Å². The van der Waals surface area contributed by atoms with Gasteiger partial charge in [0, 0.05) is 17.4 Å². The SMILES string of the molecule is COC(=O)c1c(-c2cc(C)ccc2C)csc1NC(=O)CCC1CCCCC1. The first-order valence-electron chi connectivity index (χ1n) is 10.1. The molecule has 1 fully saturated rings. The molecule has 1 aromatic heterocycles. The maximum absolute atomic E-state index is 12.5. The summed E-state index contributed by atoms with van der Waals surface area (Å²) in [6, 6.07) is 6.17. The Bertz CT molecular complexity index is 850. The molecule has 5 heteroatoms. The number of hydrogen-bond donors (Lipinski definition) is 1. The van der Waals surface area contributed by atoms with E-state index in [0.29, 0.717) is 22.9 Å². The first kappa shape index (κ1) is 20.6. The molecule has 1 aliphatic rings. The van der Waals surface area contributed by atoms with Gasteiger partial charge < -0.3 is 10.1 Å². The van der Waals surface area contributed by atoms with Gasteiger partial charge in [-0.3, -0.25) is 4.79 Å². The number of hydrogen-bond acceptors (Lipinski definition) is 4. The maximum Gasteiger partial charge on any atom is 0.341 e. The number of rotatable bonds is 6. The average molecular weight is 400 g/mol. The van der Waals surface area contributed by atoms with Gasteiger partial charge in [-0.25, -0.2) is 4.79 Å². The Morgan fingerprint density at radius 1 is 1.14 bits per heavy atom. The van der Waals surface area contributed by atoms with E-state index in [9.17, 15) is 9.59 Å². The highest BCUT2D eigenvalue weighted by Gasteiger charge is 2.23. The highest BCUT2D eigenvalue weighted by Crippen LogP contribution is 2.38. The second kappa shape index (κ2) is 9.37. The third-order valence-corrected chi connectivity index (χ3v) is 6.52. The zero-order valence-electron chi connectivity index (χ0n) is 17.0. The van der Waals surface area contributed by atoms with Crippen LogP contribution in [0.5, 0.6) is 0 Å². The van der Waals surface area contributed by atoms with Crippen LogP contribution in [0, 0.1) is 19.8 Å². The number of amides is 1. The number of nitrogens with one attached hydrogen (secondary N) is 1. The van der Waals surface area contributed by atoms with Gasteiger partial charge in [0.25, 0.3) is 0 Å². The van der Waals surface area contributed by atoms with E-state index in [1.165, 1.54) is 50.6 Å². The van der Waals surface area contributed by atoms with Gasteiger partial charge in [0.1, 0.15) is 10.6 Å². The first-order valence-corrected chi connectivity index (χ1v) is 10.9. The standard InChI is InChI=1S/C23H29NO3S/c1-15-9-10-16(2)18(13-15)19-14-28-22(21(19)23(26)27-3)24-20(25)12-11-17-7-5-4-6-8-17/h9-10,13-14,17H,4-8,11-12H2,1-3H3,(H,24,25). The van der Waals surface area contributed by atoms with E-state index in [1.54, 1.807) is 0 Å². The molecule has 0 bridgehead atoms. The van der Waals surface area contributed by atoms with E-state index < -0.39 is 5.97 Å². The zero-order chi connectivity index (χ0) is 20.1. The fourth-order valence-electron chi connectivity index (χ4n) is 3.98. The minimum Gasteiger partial charge on any atom is -0.465 e. The van der Waals surface area contributed by atoms with Gasteiger partial charge in [0.15, 0.2) is 0 Å². The summed E-state index contributed by atoms with van der Waals surface area (Å²) in [5.74, 6) is 0.221. The molecule has 1 amide bonds. The number of thiophene rings is 1. The lowest BCUT2D eigenvalue weighted by molar-refractivity contribution is -0.116. The Morgan fingerprint density at radius 3 is 2.61 bits per heavy atom. The topological polar surface area (TPSA) is 55.4 Å². The lowest BCUT2D eigenvalue weighted by atomic mass is 9.86. The summed E-state index contributed by atoms with van der Waals surface area (Å²) in [4.78, 5) is 25.0. The van der Waals surface area contributed by atoms with Crippen LogP contribution in [0.2, 0.25) is 0 Å². The monoisotopic (exact) mass is 399 g/mol. The van der Waals surface area contributed by atoms with Crippen LogP contribution in [0.15, 0.2) is 23.6 Å². The van der Waals surface area contributed by atoms with Gasteiger partial charge in [-0.1, -0.05) is 55.9 Å². The van der Waals surface area contributed by atoms with Gasteiger partial charge in [-0.15, -0.1) is 11.3 Å². The molecule has 1 saturated carbocycles. The van der Waals surface area contributed by atoms with E-state index in [-0.39, 0.29) is 5.91 Å². The van der Waals surface area contributed by atoms with Gasteiger partial charge >= 0.3 is 5.97 Å². The molecule has 150 valence electrons. The first-order chi connectivity index (χ1) is 13.5.